The lowest BCUT2D eigenvalue weighted by Gasteiger charge is -2.33. The zero-order chi connectivity index (χ0) is 8.27. The Morgan fingerprint density at radius 2 is 2.36 bits per heavy atom. The Morgan fingerprint density at radius 1 is 1.64 bits per heavy atom. The van der Waals surface area contributed by atoms with Crippen molar-refractivity contribution in [3.8, 4) is 0 Å². The largest absolute Gasteiger partial charge is 0.359 e. The summed E-state index contributed by atoms with van der Waals surface area (Å²) in [5.41, 5.74) is 0. The van der Waals surface area contributed by atoms with Gasteiger partial charge in [-0.15, -0.1) is 0 Å². The van der Waals surface area contributed by atoms with Gasteiger partial charge in [0, 0.05) is 6.54 Å². The Bertz CT molecular complexity index is 138. The van der Waals surface area contributed by atoms with Crippen molar-refractivity contribution in [2.45, 2.75) is 6.23 Å². The summed E-state index contributed by atoms with van der Waals surface area (Å²) in [4.78, 5) is 14.1. The van der Waals surface area contributed by atoms with Gasteiger partial charge in [-0.2, -0.15) is 0 Å². The molecule has 1 saturated heterocycles. The van der Waals surface area contributed by atoms with Gasteiger partial charge in [-0.1, -0.05) is 0 Å². The molecule has 0 aromatic carbocycles. The van der Waals surface area contributed by atoms with Crippen molar-refractivity contribution in [1.82, 2.24) is 9.80 Å². The summed E-state index contributed by atoms with van der Waals surface area (Å²) < 4.78 is 5.40. The van der Waals surface area contributed by atoms with Crippen LogP contribution in [0.4, 0.5) is 0 Å². The zero-order valence-electron chi connectivity index (χ0n) is 6.99. The van der Waals surface area contributed by atoms with Gasteiger partial charge in [-0.05, 0) is 14.1 Å². The van der Waals surface area contributed by atoms with Crippen molar-refractivity contribution >= 4 is 6.41 Å². The number of rotatable bonds is 2. The lowest BCUT2D eigenvalue weighted by Crippen LogP contribution is -2.47. The van der Waals surface area contributed by atoms with Crippen molar-refractivity contribution in [2.75, 3.05) is 33.8 Å². The number of morpholine rings is 1. The molecule has 1 aliphatic rings. The Balaban J connectivity index is 2.39. The lowest BCUT2D eigenvalue weighted by atomic mass is 10.4. The molecule has 1 aliphatic heterocycles. The second kappa shape index (κ2) is 3.69. The van der Waals surface area contributed by atoms with E-state index in [-0.39, 0.29) is 6.23 Å². The van der Waals surface area contributed by atoms with E-state index in [0.717, 1.165) is 6.41 Å². The maximum absolute atomic E-state index is 10.4. The van der Waals surface area contributed by atoms with Crippen LogP contribution in [0.25, 0.3) is 0 Å². The average molecular weight is 158 g/mol. The van der Waals surface area contributed by atoms with E-state index in [2.05, 4.69) is 0 Å². The van der Waals surface area contributed by atoms with Gasteiger partial charge in [-0.3, -0.25) is 9.69 Å². The van der Waals surface area contributed by atoms with Crippen LogP contribution in [0.1, 0.15) is 0 Å². The third-order valence-corrected chi connectivity index (χ3v) is 1.80. The van der Waals surface area contributed by atoms with Gasteiger partial charge < -0.3 is 9.64 Å². The van der Waals surface area contributed by atoms with Crippen LogP contribution in [0.2, 0.25) is 0 Å². The molecule has 4 nitrogen and oxygen atoms in total. The summed E-state index contributed by atoms with van der Waals surface area (Å²) in [6.07, 6.45) is 0.938. The van der Waals surface area contributed by atoms with Crippen LogP contribution in [-0.4, -0.2) is 56.2 Å². The summed E-state index contributed by atoms with van der Waals surface area (Å²) in [6, 6.07) is 0. The molecule has 1 rings (SSSR count). The molecule has 1 heterocycles. The highest BCUT2D eigenvalue weighted by atomic mass is 16.5. The first kappa shape index (κ1) is 8.49. The van der Waals surface area contributed by atoms with Gasteiger partial charge in [0.15, 0.2) is 0 Å². The van der Waals surface area contributed by atoms with Crippen molar-refractivity contribution in [3.63, 3.8) is 0 Å². The molecule has 0 aromatic rings. The van der Waals surface area contributed by atoms with Crippen LogP contribution >= 0.6 is 0 Å². The van der Waals surface area contributed by atoms with Gasteiger partial charge in [0.2, 0.25) is 6.41 Å². The molecule has 1 unspecified atom stereocenters. The van der Waals surface area contributed by atoms with Crippen LogP contribution in [0.5, 0.6) is 0 Å². The first-order valence-corrected chi connectivity index (χ1v) is 3.71. The van der Waals surface area contributed by atoms with Crippen LogP contribution in [0.3, 0.4) is 0 Å². The molecule has 0 bridgehead atoms. The number of hydrogen-bond donors (Lipinski definition) is 0. The molecule has 1 atom stereocenters. The molecule has 0 aliphatic carbocycles. The van der Waals surface area contributed by atoms with Crippen molar-refractivity contribution < 1.29 is 9.53 Å². The minimum absolute atomic E-state index is 0.0638. The maximum atomic E-state index is 10.4. The summed E-state index contributed by atoms with van der Waals surface area (Å²) in [7, 11) is 3.89. The quantitative estimate of drug-likeness (QED) is 0.501. The second-order valence-electron chi connectivity index (χ2n) is 2.89. The minimum Gasteiger partial charge on any atom is -0.359 e. The first-order chi connectivity index (χ1) is 5.24. The van der Waals surface area contributed by atoms with Crippen molar-refractivity contribution in [1.29, 1.82) is 0 Å². The fourth-order valence-corrected chi connectivity index (χ4v) is 1.06. The molecule has 0 spiro atoms. The molecular formula is C7H14N2O2. The van der Waals surface area contributed by atoms with E-state index < -0.39 is 0 Å². The third kappa shape index (κ3) is 2.17. The molecular weight excluding hydrogens is 144 g/mol. The zero-order valence-corrected chi connectivity index (χ0v) is 6.99. The number of carbonyl (C=O) groups excluding carboxylic acids is 1. The van der Waals surface area contributed by atoms with Crippen LogP contribution in [-0.2, 0) is 9.53 Å². The van der Waals surface area contributed by atoms with Gasteiger partial charge in [-0.25, -0.2) is 0 Å². The van der Waals surface area contributed by atoms with E-state index in [1.54, 1.807) is 4.90 Å². The highest BCUT2D eigenvalue weighted by Gasteiger charge is 2.20. The normalized spacial score (nSPS) is 25.7. The van der Waals surface area contributed by atoms with Gasteiger partial charge >= 0.3 is 0 Å². The number of likely N-dealkylation sites (N-methyl/N-ethyl adjacent to an activating group) is 1. The van der Waals surface area contributed by atoms with Gasteiger partial charge in [0.1, 0.15) is 6.23 Å². The fourth-order valence-electron chi connectivity index (χ4n) is 1.06. The van der Waals surface area contributed by atoms with E-state index in [4.69, 9.17) is 4.74 Å². The number of amides is 1. The van der Waals surface area contributed by atoms with Gasteiger partial charge in [0.25, 0.3) is 0 Å². The molecule has 0 N–H and O–H groups in total. The number of hydrogen-bond acceptors (Lipinski definition) is 3. The van der Waals surface area contributed by atoms with Crippen molar-refractivity contribution in [2.24, 2.45) is 0 Å². The molecule has 0 aromatic heterocycles. The predicted octanol–water partition coefficient (Wildman–Crippen LogP) is -0.637. The average Bonchev–Trinajstić information content (AvgIpc) is 2.05. The highest BCUT2D eigenvalue weighted by molar-refractivity contribution is 5.47. The SMILES string of the molecule is CN(C)C1CN(C=O)CCO1. The van der Waals surface area contributed by atoms with E-state index in [0.29, 0.717) is 19.7 Å². The smallest absolute Gasteiger partial charge is 0.209 e. The Kier molecular flexibility index (Phi) is 2.84. The lowest BCUT2D eigenvalue weighted by molar-refractivity contribution is -0.134. The molecule has 4 heteroatoms. The molecule has 1 fully saturated rings. The number of nitrogens with zero attached hydrogens (tertiary/aromatic N) is 2. The number of carbonyl (C=O) groups is 1. The molecule has 11 heavy (non-hydrogen) atoms. The topological polar surface area (TPSA) is 32.8 Å². The van der Waals surface area contributed by atoms with E-state index in [1.807, 2.05) is 19.0 Å². The summed E-state index contributed by atoms with van der Waals surface area (Å²) in [5, 5.41) is 0. The Morgan fingerprint density at radius 3 is 2.91 bits per heavy atom. The third-order valence-electron chi connectivity index (χ3n) is 1.80. The molecule has 1 amide bonds. The monoisotopic (exact) mass is 158 g/mol. The highest BCUT2D eigenvalue weighted by Crippen LogP contribution is 2.04. The predicted molar refractivity (Wildman–Crippen MR) is 41.1 cm³/mol. The number of ether oxygens (including phenoxy) is 1. The summed E-state index contributed by atoms with van der Waals surface area (Å²) >= 11 is 0. The first-order valence-electron chi connectivity index (χ1n) is 3.71. The minimum atomic E-state index is 0.0638. The summed E-state index contributed by atoms with van der Waals surface area (Å²) in [6.45, 7) is 2.03. The maximum Gasteiger partial charge on any atom is 0.209 e. The molecule has 0 radical (unpaired) electrons. The van der Waals surface area contributed by atoms with Crippen molar-refractivity contribution in [3.05, 3.63) is 0 Å². The summed E-state index contributed by atoms with van der Waals surface area (Å²) in [5.74, 6) is 0. The fraction of sp³-hybridized carbons (Fsp3) is 0.857. The van der Waals surface area contributed by atoms with Gasteiger partial charge in [0.05, 0.1) is 13.2 Å². The standard InChI is InChI=1S/C7H14N2O2/c1-8(2)7-5-9(6-10)3-4-11-7/h6-7H,3-5H2,1-2H3. The molecule has 0 saturated carbocycles. The second-order valence-corrected chi connectivity index (χ2v) is 2.89. The van der Waals surface area contributed by atoms with E-state index >= 15 is 0 Å². The Hall–Kier alpha value is -0.610. The van der Waals surface area contributed by atoms with Crippen LogP contribution in [0.15, 0.2) is 0 Å². The molecule has 64 valence electrons. The van der Waals surface area contributed by atoms with Crippen LogP contribution < -0.4 is 0 Å². The van der Waals surface area contributed by atoms with E-state index in [9.17, 15) is 4.79 Å². The van der Waals surface area contributed by atoms with E-state index in [1.165, 1.54) is 0 Å². The van der Waals surface area contributed by atoms with Crippen LogP contribution in [0, 0.1) is 0 Å². The Labute approximate surface area is 66.7 Å².